The molecule has 0 aliphatic heterocycles. The van der Waals surface area contributed by atoms with Gasteiger partial charge in [-0.1, -0.05) is 24.3 Å². The number of aromatic amines is 1. The first-order valence-corrected chi connectivity index (χ1v) is 7.99. The number of aromatic nitrogens is 2. The molecule has 0 aliphatic rings. The predicted molar refractivity (Wildman–Crippen MR) is 97.0 cm³/mol. The topological polar surface area (TPSA) is 125 Å². The summed E-state index contributed by atoms with van der Waals surface area (Å²) in [4.78, 5) is 36.4. The molecule has 0 unspecified atom stereocenters. The first-order chi connectivity index (χ1) is 13.0. The van der Waals surface area contributed by atoms with Gasteiger partial charge < -0.3 is 10.1 Å². The number of fused-ring (bicyclic) bond motifs is 1. The average Bonchev–Trinajstić information content (AvgIpc) is 2.68. The molecule has 0 spiro atoms. The fraction of sp³-hybridized carbons (Fsp3) is 0.105. The number of H-pyrrole nitrogens is 1. The Morgan fingerprint density at radius 2 is 1.93 bits per heavy atom. The van der Waals surface area contributed by atoms with Crippen LogP contribution in [0.4, 0.5) is 5.69 Å². The minimum Gasteiger partial charge on any atom is -0.448 e. The molecule has 2 aromatic carbocycles. The predicted octanol–water partition coefficient (Wildman–Crippen LogP) is 1.98. The summed E-state index contributed by atoms with van der Waals surface area (Å²) in [6.07, 6.45) is -1.12. The normalized spacial score (nSPS) is 11.4. The van der Waals surface area contributed by atoms with Gasteiger partial charge in [-0.2, -0.15) is 10.4 Å². The molecule has 2 N–H and O–H groups in total. The highest BCUT2D eigenvalue weighted by atomic mass is 16.5. The number of hydrogen-bond donors (Lipinski definition) is 2. The molecule has 8 heteroatoms. The van der Waals surface area contributed by atoms with Crippen LogP contribution in [-0.4, -0.2) is 28.2 Å². The summed E-state index contributed by atoms with van der Waals surface area (Å²) in [7, 11) is 0. The fourth-order valence-corrected chi connectivity index (χ4v) is 2.45. The lowest BCUT2D eigenvalue weighted by Crippen LogP contribution is -2.30. The van der Waals surface area contributed by atoms with Gasteiger partial charge in [-0.3, -0.25) is 9.59 Å². The van der Waals surface area contributed by atoms with E-state index in [-0.39, 0.29) is 5.69 Å². The number of nitrogens with one attached hydrogen (secondary N) is 2. The van der Waals surface area contributed by atoms with Crippen molar-refractivity contribution in [2.75, 3.05) is 5.32 Å². The molecule has 1 heterocycles. The molecule has 1 atom stereocenters. The fourth-order valence-electron chi connectivity index (χ4n) is 2.45. The monoisotopic (exact) mass is 362 g/mol. The molecule has 1 amide bonds. The Balaban J connectivity index is 1.76. The maximum Gasteiger partial charge on any atom is 0.360 e. The van der Waals surface area contributed by atoms with Crippen molar-refractivity contribution in [1.82, 2.24) is 10.2 Å². The van der Waals surface area contributed by atoms with Crippen LogP contribution in [0.1, 0.15) is 23.0 Å². The molecule has 0 saturated carbocycles. The summed E-state index contributed by atoms with van der Waals surface area (Å²) >= 11 is 0. The van der Waals surface area contributed by atoms with Crippen molar-refractivity contribution in [1.29, 1.82) is 5.26 Å². The molecule has 3 rings (SSSR count). The van der Waals surface area contributed by atoms with Gasteiger partial charge >= 0.3 is 5.97 Å². The first kappa shape index (κ1) is 17.8. The van der Waals surface area contributed by atoms with Crippen molar-refractivity contribution in [3.63, 3.8) is 0 Å². The summed E-state index contributed by atoms with van der Waals surface area (Å²) in [5.41, 5.74) is 0.289. The number of benzene rings is 2. The maximum atomic E-state index is 12.4. The number of esters is 1. The molecular weight excluding hydrogens is 348 g/mol. The Bertz CT molecular complexity index is 1130. The van der Waals surface area contributed by atoms with Crippen LogP contribution >= 0.6 is 0 Å². The standard InChI is InChI=1S/C19H14N4O4/c1-11(17(24)21-13-6-4-5-12(9-13)10-20)27-19(26)16-14-7-2-3-8-15(14)18(25)23-22-16/h2-9,11H,1H3,(H,21,24)(H,23,25)/t11-/m1/s1. The van der Waals surface area contributed by atoms with Crippen molar-refractivity contribution in [2.24, 2.45) is 0 Å². The number of amides is 1. The Hall–Kier alpha value is -3.99. The van der Waals surface area contributed by atoms with E-state index in [0.29, 0.717) is 22.0 Å². The number of hydrogen-bond acceptors (Lipinski definition) is 6. The van der Waals surface area contributed by atoms with E-state index >= 15 is 0 Å². The van der Waals surface area contributed by atoms with Crippen LogP contribution in [0.5, 0.6) is 0 Å². The highest BCUT2D eigenvalue weighted by Crippen LogP contribution is 2.15. The highest BCUT2D eigenvalue weighted by molar-refractivity contribution is 6.03. The van der Waals surface area contributed by atoms with Gasteiger partial charge in [0.05, 0.1) is 17.0 Å². The minimum absolute atomic E-state index is 0.0867. The maximum absolute atomic E-state index is 12.4. The molecule has 0 aliphatic carbocycles. The van der Waals surface area contributed by atoms with Gasteiger partial charge in [-0.25, -0.2) is 9.89 Å². The summed E-state index contributed by atoms with van der Waals surface area (Å²) in [5.74, 6) is -1.40. The summed E-state index contributed by atoms with van der Waals surface area (Å²) < 4.78 is 5.17. The number of carbonyl (C=O) groups is 2. The lowest BCUT2D eigenvalue weighted by molar-refractivity contribution is -0.123. The third-order valence-electron chi connectivity index (χ3n) is 3.80. The third kappa shape index (κ3) is 3.82. The second kappa shape index (κ2) is 7.49. The summed E-state index contributed by atoms with van der Waals surface area (Å²) in [6.45, 7) is 1.41. The van der Waals surface area contributed by atoms with Gasteiger partial charge in [0.15, 0.2) is 11.8 Å². The number of ether oxygens (including phenoxy) is 1. The van der Waals surface area contributed by atoms with E-state index in [2.05, 4.69) is 15.5 Å². The molecule has 3 aromatic rings. The van der Waals surface area contributed by atoms with E-state index < -0.39 is 23.5 Å². The van der Waals surface area contributed by atoms with Crippen LogP contribution in [-0.2, 0) is 9.53 Å². The molecule has 1 aromatic heterocycles. The average molecular weight is 362 g/mol. The smallest absolute Gasteiger partial charge is 0.360 e. The SMILES string of the molecule is C[C@@H](OC(=O)c1n[nH]c(=O)c2ccccc12)C(=O)Nc1cccc(C#N)c1. The quantitative estimate of drug-likeness (QED) is 0.684. The van der Waals surface area contributed by atoms with Crippen molar-refractivity contribution in [2.45, 2.75) is 13.0 Å². The van der Waals surface area contributed by atoms with E-state index in [0.717, 1.165) is 0 Å². The van der Waals surface area contributed by atoms with E-state index in [1.54, 1.807) is 42.5 Å². The van der Waals surface area contributed by atoms with Crippen LogP contribution in [0, 0.1) is 11.3 Å². The van der Waals surface area contributed by atoms with Gasteiger partial charge in [-0.15, -0.1) is 0 Å². The molecule has 0 fully saturated rings. The van der Waals surface area contributed by atoms with Crippen LogP contribution in [0.3, 0.4) is 0 Å². The van der Waals surface area contributed by atoms with Gasteiger partial charge in [0.1, 0.15) is 0 Å². The van der Waals surface area contributed by atoms with Crippen molar-refractivity contribution in [3.05, 3.63) is 70.1 Å². The molecular formula is C19H14N4O4. The van der Waals surface area contributed by atoms with Crippen LogP contribution in [0.25, 0.3) is 10.8 Å². The van der Waals surface area contributed by atoms with Crippen molar-refractivity contribution >= 4 is 28.3 Å². The number of nitriles is 1. The molecule has 0 saturated heterocycles. The second-order valence-corrected chi connectivity index (χ2v) is 5.68. The van der Waals surface area contributed by atoms with E-state index in [9.17, 15) is 14.4 Å². The zero-order chi connectivity index (χ0) is 19.4. The Labute approximate surface area is 153 Å². The molecule has 27 heavy (non-hydrogen) atoms. The summed E-state index contributed by atoms with van der Waals surface area (Å²) in [6, 6.07) is 14.8. The van der Waals surface area contributed by atoms with Gasteiger partial charge in [0.2, 0.25) is 0 Å². The zero-order valence-corrected chi connectivity index (χ0v) is 14.2. The van der Waals surface area contributed by atoms with E-state index in [4.69, 9.17) is 10.00 Å². The van der Waals surface area contributed by atoms with Crippen LogP contribution in [0.2, 0.25) is 0 Å². The second-order valence-electron chi connectivity index (χ2n) is 5.68. The molecule has 8 nitrogen and oxygen atoms in total. The highest BCUT2D eigenvalue weighted by Gasteiger charge is 2.22. The molecule has 134 valence electrons. The Morgan fingerprint density at radius 3 is 2.67 bits per heavy atom. The van der Waals surface area contributed by atoms with Gasteiger partial charge in [0, 0.05) is 11.1 Å². The summed E-state index contributed by atoms with van der Waals surface area (Å²) in [5, 5.41) is 18.1. The third-order valence-corrected chi connectivity index (χ3v) is 3.80. The zero-order valence-electron chi connectivity index (χ0n) is 14.2. The van der Waals surface area contributed by atoms with Gasteiger partial charge in [0.25, 0.3) is 11.5 Å². The number of nitrogens with zero attached hydrogens (tertiary/aromatic N) is 2. The Morgan fingerprint density at radius 1 is 1.19 bits per heavy atom. The Kier molecular flexibility index (Phi) is 4.95. The first-order valence-electron chi connectivity index (χ1n) is 7.99. The van der Waals surface area contributed by atoms with E-state index in [1.807, 2.05) is 6.07 Å². The number of anilines is 1. The van der Waals surface area contributed by atoms with Crippen molar-refractivity contribution < 1.29 is 14.3 Å². The largest absolute Gasteiger partial charge is 0.448 e. The van der Waals surface area contributed by atoms with Gasteiger partial charge in [-0.05, 0) is 31.2 Å². The van der Waals surface area contributed by atoms with Crippen LogP contribution < -0.4 is 10.9 Å². The minimum atomic E-state index is -1.12. The molecule has 0 radical (unpaired) electrons. The van der Waals surface area contributed by atoms with E-state index in [1.165, 1.54) is 13.0 Å². The number of carbonyl (C=O) groups excluding carboxylic acids is 2. The van der Waals surface area contributed by atoms with Crippen LogP contribution in [0.15, 0.2) is 53.3 Å². The number of rotatable bonds is 4. The molecule has 0 bridgehead atoms. The van der Waals surface area contributed by atoms with Crippen molar-refractivity contribution in [3.8, 4) is 6.07 Å². The lowest BCUT2D eigenvalue weighted by Gasteiger charge is -2.14. The lowest BCUT2D eigenvalue weighted by atomic mass is 10.1.